The van der Waals surface area contributed by atoms with E-state index in [0.29, 0.717) is 12.6 Å². The van der Waals surface area contributed by atoms with Gasteiger partial charge in [-0.2, -0.15) is 0 Å². The van der Waals surface area contributed by atoms with Crippen LogP contribution < -0.4 is 15.5 Å². The van der Waals surface area contributed by atoms with Gasteiger partial charge < -0.3 is 20.4 Å². The number of carbonyl (C=O) groups is 2. The molecule has 2 amide bonds. The van der Waals surface area contributed by atoms with Crippen LogP contribution in [-0.2, 0) is 16.1 Å². The SMILES string of the molecule is CNC1CC2CC2CN(c2ccccc2)C1=O.CNC1CCCC(C)N(Cc2cnc(C)s2)C1=O. The van der Waals surface area contributed by atoms with Crippen LogP contribution in [0.3, 0.4) is 0 Å². The predicted molar refractivity (Wildman–Crippen MR) is 141 cm³/mol. The van der Waals surface area contributed by atoms with Gasteiger partial charge in [0.1, 0.15) is 0 Å². The lowest BCUT2D eigenvalue weighted by Gasteiger charge is -2.28. The molecule has 0 spiro atoms. The largest absolute Gasteiger partial charge is 0.333 e. The van der Waals surface area contributed by atoms with E-state index in [2.05, 4.69) is 22.5 Å². The van der Waals surface area contributed by atoms with Crippen molar-refractivity contribution in [3.05, 3.63) is 46.4 Å². The molecule has 5 rings (SSSR count). The van der Waals surface area contributed by atoms with E-state index in [1.54, 1.807) is 11.3 Å². The van der Waals surface area contributed by atoms with Crippen molar-refractivity contribution in [1.82, 2.24) is 20.5 Å². The average molecular weight is 498 g/mol. The van der Waals surface area contributed by atoms with Crippen molar-refractivity contribution < 1.29 is 9.59 Å². The quantitative estimate of drug-likeness (QED) is 0.660. The van der Waals surface area contributed by atoms with E-state index in [1.165, 1.54) is 11.3 Å². The highest BCUT2D eigenvalue weighted by Crippen LogP contribution is 2.45. The molecule has 7 nitrogen and oxygen atoms in total. The van der Waals surface area contributed by atoms with E-state index >= 15 is 0 Å². The highest BCUT2D eigenvalue weighted by Gasteiger charge is 2.45. The number of nitrogens with zero attached hydrogens (tertiary/aromatic N) is 3. The molecule has 3 fully saturated rings. The molecule has 3 heterocycles. The third-order valence-corrected chi connectivity index (χ3v) is 8.47. The second-order valence-corrected chi connectivity index (χ2v) is 11.4. The predicted octanol–water partition coefficient (Wildman–Crippen LogP) is 3.59. The van der Waals surface area contributed by atoms with Gasteiger partial charge in [-0.1, -0.05) is 18.2 Å². The van der Waals surface area contributed by atoms with Crippen LogP contribution in [0.5, 0.6) is 0 Å². The Morgan fingerprint density at radius 3 is 2.40 bits per heavy atom. The number of fused-ring (bicyclic) bond motifs is 1. The molecule has 1 aromatic carbocycles. The minimum absolute atomic E-state index is 0.00675. The molecule has 1 aliphatic carbocycles. The van der Waals surface area contributed by atoms with Crippen LogP contribution in [-0.4, -0.2) is 60.5 Å². The van der Waals surface area contributed by atoms with Gasteiger partial charge in [0.05, 0.1) is 23.6 Å². The van der Waals surface area contributed by atoms with Crippen molar-refractivity contribution in [2.75, 3.05) is 25.5 Å². The Morgan fingerprint density at radius 1 is 1.00 bits per heavy atom. The molecule has 3 aliphatic rings. The monoisotopic (exact) mass is 497 g/mol. The molecule has 2 N–H and O–H groups in total. The van der Waals surface area contributed by atoms with Gasteiger partial charge in [-0.05, 0) is 84.0 Å². The van der Waals surface area contributed by atoms with Gasteiger partial charge in [-0.25, -0.2) is 4.98 Å². The second kappa shape index (κ2) is 11.6. The van der Waals surface area contributed by atoms with E-state index in [-0.39, 0.29) is 23.9 Å². The van der Waals surface area contributed by atoms with Crippen LogP contribution in [0.1, 0.15) is 48.9 Å². The van der Waals surface area contributed by atoms with Crippen molar-refractivity contribution in [2.24, 2.45) is 11.8 Å². The first-order valence-corrected chi connectivity index (χ1v) is 13.7. The fraction of sp³-hybridized carbons (Fsp3) is 0.593. The number of rotatable bonds is 5. The van der Waals surface area contributed by atoms with E-state index in [4.69, 9.17) is 0 Å². The number of benzene rings is 1. The molecular weight excluding hydrogens is 458 g/mol. The van der Waals surface area contributed by atoms with Crippen molar-refractivity contribution in [3.63, 3.8) is 0 Å². The summed E-state index contributed by atoms with van der Waals surface area (Å²) in [7, 11) is 3.75. The minimum atomic E-state index is -0.0241. The maximum atomic E-state index is 12.4. The van der Waals surface area contributed by atoms with Gasteiger partial charge in [0, 0.05) is 29.3 Å². The molecule has 5 unspecified atom stereocenters. The molecule has 190 valence electrons. The normalized spacial score (nSPS) is 28.5. The number of hydrogen-bond donors (Lipinski definition) is 2. The van der Waals surface area contributed by atoms with Crippen molar-refractivity contribution in [1.29, 1.82) is 0 Å². The van der Waals surface area contributed by atoms with Crippen LogP contribution >= 0.6 is 11.3 Å². The Labute approximate surface area is 213 Å². The number of amides is 2. The number of thiazole rings is 1. The van der Waals surface area contributed by atoms with Gasteiger partial charge >= 0.3 is 0 Å². The van der Waals surface area contributed by atoms with Crippen LogP contribution in [0, 0.1) is 18.8 Å². The first-order valence-electron chi connectivity index (χ1n) is 12.8. The summed E-state index contributed by atoms with van der Waals surface area (Å²) in [6.07, 6.45) is 7.31. The lowest BCUT2D eigenvalue weighted by Crippen LogP contribution is -2.46. The van der Waals surface area contributed by atoms with E-state index in [1.807, 2.05) is 67.3 Å². The number of likely N-dealkylation sites (N-methyl/N-ethyl adjacent to an activating group) is 2. The fourth-order valence-electron chi connectivity index (χ4n) is 5.28. The van der Waals surface area contributed by atoms with Gasteiger partial charge in [0.25, 0.3) is 0 Å². The molecule has 0 radical (unpaired) electrons. The molecule has 2 aliphatic heterocycles. The van der Waals surface area contributed by atoms with Gasteiger partial charge in [-0.15, -0.1) is 11.3 Å². The highest BCUT2D eigenvalue weighted by molar-refractivity contribution is 7.11. The maximum Gasteiger partial charge on any atom is 0.244 e. The zero-order valence-electron chi connectivity index (χ0n) is 21.4. The lowest BCUT2D eigenvalue weighted by molar-refractivity contribution is -0.135. The number of nitrogens with one attached hydrogen (secondary N) is 2. The Morgan fingerprint density at radius 2 is 1.74 bits per heavy atom. The molecule has 1 aromatic heterocycles. The minimum Gasteiger partial charge on any atom is -0.333 e. The molecule has 0 bridgehead atoms. The Balaban J connectivity index is 0.000000165. The lowest BCUT2D eigenvalue weighted by atomic mass is 10.1. The van der Waals surface area contributed by atoms with Gasteiger partial charge in [-0.3, -0.25) is 9.59 Å². The van der Waals surface area contributed by atoms with Crippen molar-refractivity contribution in [3.8, 4) is 0 Å². The number of hydrogen-bond acceptors (Lipinski definition) is 6. The molecule has 1 saturated carbocycles. The number of para-hydroxylation sites is 1. The van der Waals surface area contributed by atoms with E-state index in [9.17, 15) is 9.59 Å². The molecular formula is C27H39N5O2S. The molecule has 2 aromatic rings. The summed E-state index contributed by atoms with van der Waals surface area (Å²) in [5, 5.41) is 7.35. The summed E-state index contributed by atoms with van der Waals surface area (Å²) >= 11 is 1.68. The zero-order chi connectivity index (χ0) is 24.9. The van der Waals surface area contributed by atoms with Crippen molar-refractivity contribution >= 4 is 28.8 Å². The van der Waals surface area contributed by atoms with Crippen molar-refractivity contribution in [2.45, 2.75) is 70.6 Å². The van der Waals surface area contributed by atoms with E-state index < -0.39 is 0 Å². The standard InChI is InChI=1S/C14H18N2O.C13H21N3OS/c1-15-13-8-10-7-11(10)9-16(14(13)17)12-5-3-2-4-6-12;1-9-5-4-6-12(14-3)13(17)16(9)8-11-7-15-10(2)18-11/h2-6,10-11,13,15H,7-9H2,1H3;7,9,12,14H,4-6,8H2,1-3H3. The van der Waals surface area contributed by atoms with E-state index in [0.717, 1.165) is 54.8 Å². The summed E-state index contributed by atoms with van der Waals surface area (Å²) in [5.41, 5.74) is 1.03. The first kappa shape index (κ1) is 25.8. The summed E-state index contributed by atoms with van der Waals surface area (Å²) in [6.45, 7) is 5.73. The first-order chi connectivity index (χ1) is 16.9. The Bertz CT molecular complexity index is 996. The fourth-order valence-corrected chi connectivity index (χ4v) is 6.08. The number of likely N-dealkylation sites (tertiary alicyclic amines) is 1. The molecule has 35 heavy (non-hydrogen) atoms. The van der Waals surface area contributed by atoms with Gasteiger partial charge in [0.15, 0.2) is 0 Å². The van der Waals surface area contributed by atoms with Crippen LogP contribution in [0.4, 0.5) is 5.69 Å². The smallest absolute Gasteiger partial charge is 0.244 e. The molecule has 2 saturated heterocycles. The summed E-state index contributed by atoms with van der Waals surface area (Å²) in [5.74, 6) is 1.93. The third-order valence-electron chi connectivity index (χ3n) is 7.58. The average Bonchev–Trinajstić information content (AvgIpc) is 3.53. The summed E-state index contributed by atoms with van der Waals surface area (Å²) < 4.78 is 0. The molecule has 5 atom stereocenters. The maximum absolute atomic E-state index is 12.4. The summed E-state index contributed by atoms with van der Waals surface area (Å²) in [6, 6.07) is 10.3. The third kappa shape index (κ3) is 6.29. The van der Waals surface area contributed by atoms with Crippen LogP contribution in [0.2, 0.25) is 0 Å². The number of aromatic nitrogens is 1. The molecule has 8 heteroatoms. The second-order valence-electron chi connectivity index (χ2n) is 10.1. The Hall–Kier alpha value is -2.29. The highest BCUT2D eigenvalue weighted by atomic mass is 32.1. The number of carbonyl (C=O) groups excluding carboxylic acids is 2. The van der Waals surface area contributed by atoms with Crippen LogP contribution in [0.15, 0.2) is 36.5 Å². The number of aryl methyl sites for hydroxylation is 1. The topological polar surface area (TPSA) is 77.6 Å². The Kier molecular flexibility index (Phi) is 8.57. The van der Waals surface area contributed by atoms with Crippen LogP contribution in [0.25, 0.3) is 0 Å². The summed E-state index contributed by atoms with van der Waals surface area (Å²) in [4.78, 5) is 34.2. The number of anilines is 1. The van der Waals surface area contributed by atoms with Gasteiger partial charge in [0.2, 0.25) is 11.8 Å². The zero-order valence-corrected chi connectivity index (χ0v) is 22.2.